The summed E-state index contributed by atoms with van der Waals surface area (Å²) in [6.45, 7) is 0.921. The fourth-order valence-electron chi connectivity index (χ4n) is 3.20. The van der Waals surface area contributed by atoms with Crippen LogP contribution in [0.4, 0.5) is 0 Å². The number of aldehydes is 1. The molecule has 0 bridgehead atoms. The average Bonchev–Trinajstić information content (AvgIpc) is 2.75. The molecule has 2 aromatic carbocycles. The van der Waals surface area contributed by atoms with E-state index in [0.717, 1.165) is 17.5 Å². The minimum absolute atomic E-state index is 0.143. The van der Waals surface area contributed by atoms with Crippen molar-refractivity contribution in [3.8, 4) is 23.0 Å². The molecule has 28 heavy (non-hydrogen) atoms. The van der Waals surface area contributed by atoms with Crippen LogP contribution in [0.1, 0.15) is 21.5 Å². The van der Waals surface area contributed by atoms with Crippen LogP contribution in [0.2, 0.25) is 0 Å². The first kappa shape index (κ1) is 19.5. The van der Waals surface area contributed by atoms with Crippen molar-refractivity contribution in [1.29, 1.82) is 0 Å². The maximum absolute atomic E-state index is 12.6. The molecule has 7 heteroatoms. The molecule has 0 atom stereocenters. The third kappa shape index (κ3) is 4.03. The molecule has 2 aromatic rings. The molecule has 0 N–H and O–H groups in total. The van der Waals surface area contributed by atoms with Crippen LogP contribution in [-0.2, 0) is 17.8 Å². The second kappa shape index (κ2) is 8.65. The van der Waals surface area contributed by atoms with E-state index in [1.165, 1.54) is 7.11 Å². The molecule has 0 aliphatic carbocycles. The standard InChI is InChI=1S/C21H23NO6/c1-25-17-4-5-18(16(8-17)12-23)28-13-21(24)22-7-6-14-9-19(26-2)20(27-3)10-15(14)11-22/h4-5,8-10,12H,6-7,11,13H2,1-3H3. The summed E-state index contributed by atoms with van der Waals surface area (Å²) in [5.41, 5.74) is 2.50. The van der Waals surface area contributed by atoms with Crippen molar-refractivity contribution in [2.24, 2.45) is 0 Å². The lowest BCUT2D eigenvalue weighted by Crippen LogP contribution is -2.38. The van der Waals surface area contributed by atoms with Gasteiger partial charge in [0.25, 0.3) is 5.91 Å². The molecular weight excluding hydrogens is 362 g/mol. The zero-order valence-electron chi connectivity index (χ0n) is 16.2. The quantitative estimate of drug-likeness (QED) is 0.682. The number of hydrogen-bond donors (Lipinski definition) is 0. The third-order valence-corrected chi connectivity index (χ3v) is 4.77. The first-order valence-electron chi connectivity index (χ1n) is 8.87. The number of benzene rings is 2. The number of methoxy groups -OCH3 is 3. The van der Waals surface area contributed by atoms with Gasteiger partial charge in [-0.2, -0.15) is 0 Å². The van der Waals surface area contributed by atoms with E-state index in [2.05, 4.69) is 0 Å². The lowest BCUT2D eigenvalue weighted by Gasteiger charge is -2.29. The second-order valence-electron chi connectivity index (χ2n) is 6.35. The Hall–Kier alpha value is -3.22. The molecule has 0 aromatic heterocycles. The van der Waals surface area contributed by atoms with Crippen LogP contribution in [0, 0.1) is 0 Å². The minimum Gasteiger partial charge on any atom is -0.497 e. The Labute approximate surface area is 163 Å². The number of rotatable bonds is 7. The Kier molecular flexibility index (Phi) is 6.03. The van der Waals surface area contributed by atoms with Gasteiger partial charge in [-0.1, -0.05) is 0 Å². The molecule has 1 aliphatic heterocycles. The monoisotopic (exact) mass is 385 g/mol. The van der Waals surface area contributed by atoms with Gasteiger partial charge >= 0.3 is 0 Å². The van der Waals surface area contributed by atoms with Gasteiger partial charge < -0.3 is 23.8 Å². The normalized spacial score (nSPS) is 12.8. The fourth-order valence-corrected chi connectivity index (χ4v) is 3.20. The van der Waals surface area contributed by atoms with Gasteiger partial charge in [-0.25, -0.2) is 0 Å². The maximum Gasteiger partial charge on any atom is 0.260 e. The van der Waals surface area contributed by atoms with Crippen molar-refractivity contribution >= 4 is 12.2 Å². The van der Waals surface area contributed by atoms with Crippen molar-refractivity contribution in [2.75, 3.05) is 34.5 Å². The largest absolute Gasteiger partial charge is 0.497 e. The number of carbonyl (C=O) groups excluding carboxylic acids is 2. The summed E-state index contributed by atoms with van der Waals surface area (Å²) in [6.07, 6.45) is 1.41. The lowest BCUT2D eigenvalue weighted by atomic mass is 9.99. The Morgan fingerprint density at radius 3 is 2.36 bits per heavy atom. The summed E-state index contributed by atoms with van der Waals surface area (Å²) in [7, 11) is 4.71. The van der Waals surface area contributed by atoms with Gasteiger partial charge in [0.15, 0.2) is 24.4 Å². The van der Waals surface area contributed by atoms with Crippen molar-refractivity contribution in [2.45, 2.75) is 13.0 Å². The van der Waals surface area contributed by atoms with Gasteiger partial charge in [0.1, 0.15) is 11.5 Å². The fraction of sp³-hybridized carbons (Fsp3) is 0.333. The van der Waals surface area contributed by atoms with Crippen molar-refractivity contribution in [3.05, 3.63) is 47.0 Å². The van der Waals surface area contributed by atoms with Gasteiger partial charge in [0.05, 0.1) is 26.9 Å². The van der Waals surface area contributed by atoms with E-state index in [-0.39, 0.29) is 12.5 Å². The number of nitrogens with zero attached hydrogens (tertiary/aromatic N) is 1. The average molecular weight is 385 g/mol. The van der Waals surface area contributed by atoms with Crippen LogP contribution in [-0.4, -0.2) is 51.6 Å². The number of hydrogen-bond acceptors (Lipinski definition) is 6. The SMILES string of the molecule is COc1ccc(OCC(=O)N2CCc3cc(OC)c(OC)cc3C2)c(C=O)c1. The van der Waals surface area contributed by atoms with Gasteiger partial charge in [-0.3, -0.25) is 9.59 Å². The highest BCUT2D eigenvalue weighted by Crippen LogP contribution is 2.33. The van der Waals surface area contributed by atoms with Gasteiger partial charge in [0, 0.05) is 13.1 Å². The van der Waals surface area contributed by atoms with Crippen LogP contribution in [0.25, 0.3) is 0 Å². The van der Waals surface area contributed by atoms with Gasteiger partial charge in [0.2, 0.25) is 0 Å². The molecule has 0 saturated carbocycles. The zero-order chi connectivity index (χ0) is 20.1. The Morgan fingerprint density at radius 2 is 1.71 bits per heavy atom. The highest BCUT2D eigenvalue weighted by Gasteiger charge is 2.23. The highest BCUT2D eigenvalue weighted by molar-refractivity contribution is 5.81. The molecule has 1 aliphatic rings. The van der Waals surface area contributed by atoms with E-state index in [9.17, 15) is 9.59 Å². The minimum atomic E-state index is -0.145. The topological polar surface area (TPSA) is 74.3 Å². The first-order chi connectivity index (χ1) is 13.6. The summed E-state index contributed by atoms with van der Waals surface area (Å²) in [4.78, 5) is 25.6. The van der Waals surface area contributed by atoms with Gasteiger partial charge in [-0.05, 0) is 47.9 Å². The molecule has 3 rings (SSSR count). The van der Waals surface area contributed by atoms with Crippen LogP contribution in [0.15, 0.2) is 30.3 Å². The lowest BCUT2D eigenvalue weighted by molar-refractivity contribution is -0.134. The molecule has 7 nitrogen and oxygen atoms in total. The van der Waals surface area contributed by atoms with Crippen molar-refractivity contribution in [1.82, 2.24) is 4.90 Å². The molecule has 0 radical (unpaired) electrons. The molecular formula is C21H23NO6. The second-order valence-corrected chi connectivity index (χ2v) is 6.35. The van der Waals surface area contributed by atoms with E-state index < -0.39 is 0 Å². The smallest absolute Gasteiger partial charge is 0.260 e. The molecule has 0 unspecified atom stereocenters. The van der Waals surface area contributed by atoms with E-state index in [0.29, 0.717) is 47.9 Å². The van der Waals surface area contributed by atoms with E-state index in [1.807, 2.05) is 12.1 Å². The Bertz CT molecular complexity index is 879. The molecule has 0 saturated heterocycles. The molecule has 0 spiro atoms. The van der Waals surface area contributed by atoms with Gasteiger partial charge in [-0.15, -0.1) is 0 Å². The summed E-state index contributed by atoms with van der Waals surface area (Å²) in [6, 6.07) is 8.74. The molecule has 1 heterocycles. The predicted octanol–water partition coefficient (Wildman–Crippen LogP) is 2.49. The number of amides is 1. The van der Waals surface area contributed by atoms with E-state index in [1.54, 1.807) is 37.3 Å². The molecule has 148 valence electrons. The van der Waals surface area contributed by atoms with Crippen molar-refractivity contribution in [3.63, 3.8) is 0 Å². The summed E-state index contributed by atoms with van der Waals surface area (Å²) in [5.74, 6) is 2.09. The van der Waals surface area contributed by atoms with Crippen LogP contribution in [0.5, 0.6) is 23.0 Å². The predicted molar refractivity (Wildman–Crippen MR) is 103 cm³/mol. The van der Waals surface area contributed by atoms with E-state index >= 15 is 0 Å². The Morgan fingerprint density at radius 1 is 1.00 bits per heavy atom. The summed E-state index contributed by atoms with van der Waals surface area (Å²) < 4.78 is 21.4. The summed E-state index contributed by atoms with van der Waals surface area (Å²) in [5, 5.41) is 0. The van der Waals surface area contributed by atoms with Crippen LogP contribution in [0.3, 0.4) is 0 Å². The first-order valence-corrected chi connectivity index (χ1v) is 8.87. The summed E-state index contributed by atoms with van der Waals surface area (Å²) >= 11 is 0. The Balaban J connectivity index is 1.67. The van der Waals surface area contributed by atoms with E-state index in [4.69, 9.17) is 18.9 Å². The van der Waals surface area contributed by atoms with Crippen LogP contribution < -0.4 is 18.9 Å². The molecule has 0 fully saturated rings. The van der Waals surface area contributed by atoms with Crippen LogP contribution >= 0.6 is 0 Å². The third-order valence-electron chi connectivity index (χ3n) is 4.77. The highest BCUT2D eigenvalue weighted by atomic mass is 16.5. The number of fused-ring (bicyclic) bond motifs is 1. The number of carbonyl (C=O) groups is 2. The zero-order valence-corrected chi connectivity index (χ0v) is 16.2. The number of ether oxygens (including phenoxy) is 4. The van der Waals surface area contributed by atoms with Crippen molar-refractivity contribution < 1.29 is 28.5 Å². The maximum atomic E-state index is 12.6. The molecule has 1 amide bonds.